The maximum atomic E-state index is 12.2. The zero-order valence-corrected chi connectivity index (χ0v) is 15.9. The maximum absolute atomic E-state index is 12.2. The second-order valence-corrected chi connectivity index (χ2v) is 7.37. The molecule has 0 fully saturated rings. The van der Waals surface area contributed by atoms with Gasteiger partial charge in [-0.05, 0) is 45.7 Å². The van der Waals surface area contributed by atoms with Gasteiger partial charge in [0, 0.05) is 13.2 Å². The fourth-order valence-electron chi connectivity index (χ4n) is 2.69. The Morgan fingerprint density at radius 3 is 2.15 bits per heavy atom. The summed E-state index contributed by atoms with van der Waals surface area (Å²) in [6.45, 7) is 5.66. The van der Waals surface area contributed by atoms with Crippen LogP contribution in [0.4, 0.5) is 0 Å². The summed E-state index contributed by atoms with van der Waals surface area (Å²) in [4.78, 5) is 48.8. The number of esters is 1. The molecule has 0 N–H and O–H groups in total. The summed E-state index contributed by atoms with van der Waals surface area (Å²) in [6.07, 6.45) is 0.852. The molecule has 1 aliphatic rings. The molecule has 1 aromatic carbocycles. The van der Waals surface area contributed by atoms with Crippen molar-refractivity contribution in [3.05, 3.63) is 35.4 Å². The fourth-order valence-corrected chi connectivity index (χ4v) is 2.69. The van der Waals surface area contributed by atoms with E-state index in [0.29, 0.717) is 37.1 Å². The number of fused-ring (bicyclic) bond motifs is 1. The van der Waals surface area contributed by atoms with Gasteiger partial charge >= 0.3 is 5.97 Å². The summed E-state index contributed by atoms with van der Waals surface area (Å²) in [5, 5.41) is 0. The molecule has 7 heteroatoms. The molecule has 1 aromatic rings. The minimum atomic E-state index is -0.623. The third-order valence-electron chi connectivity index (χ3n) is 3.82. The number of carbonyl (C=O) groups is 4. The summed E-state index contributed by atoms with van der Waals surface area (Å²) in [6, 6.07) is 6.76. The van der Waals surface area contributed by atoms with Gasteiger partial charge in [-0.2, -0.15) is 0 Å². The SMILES string of the molecule is CC(C)(C)OC(=O)CC(=O)COCCCCN1C(=O)c2ccccc2C1=O. The number of unbranched alkanes of at least 4 members (excludes halogenated alkanes) is 1. The lowest BCUT2D eigenvalue weighted by Gasteiger charge is -2.19. The van der Waals surface area contributed by atoms with E-state index >= 15 is 0 Å². The highest BCUT2D eigenvalue weighted by atomic mass is 16.6. The smallest absolute Gasteiger partial charge is 0.313 e. The van der Waals surface area contributed by atoms with E-state index < -0.39 is 11.6 Å². The van der Waals surface area contributed by atoms with Crippen LogP contribution in [0.15, 0.2) is 24.3 Å². The molecular weight excluding hydrogens is 350 g/mol. The number of rotatable bonds is 9. The predicted molar refractivity (Wildman–Crippen MR) is 97.3 cm³/mol. The summed E-state index contributed by atoms with van der Waals surface area (Å²) in [5.74, 6) is -1.46. The molecule has 1 aliphatic heterocycles. The average molecular weight is 375 g/mol. The molecule has 0 saturated heterocycles. The number of Topliss-reactive ketones (excluding diaryl/α,β-unsaturated/α-hetero) is 1. The number of ether oxygens (including phenoxy) is 2. The van der Waals surface area contributed by atoms with Crippen molar-refractivity contribution in [1.82, 2.24) is 4.90 Å². The Morgan fingerprint density at radius 2 is 1.59 bits per heavy atom. The van der Waals surface area contributed by atoms with E-state index in [1.165, 1.54) is 4.90 Å². The first-order valence-corrected chi connectivity index (χ1v) is 8.95. The summed E-state index contributed by atoms with van der Waals surface area (Å²) < 4.78 is 10.3. The van der Waals surface area contributed by atoms with Crippen LogP contribution in [0, 0.1) is 0 Å². The van der Waals surface area contributed by atoms with Gasteiger partial charge in [0.25, 0.3) is 11.8 Å². The molecule has 1 heterocycles. The van der Waals surface area contributed by atoms with E-state index in [-0.39, 0.29) is 30.6 Å². The van der Waals surface area contributed by atoms with Crippen LogP contribution in [-0.4, -0.2) is 53.8 Å². The van der Waals surface area contributed by atoms with Gasteiger partial charge in [-0.15, -0.1) is 0 Å². The largest absolute Gasteiger partial charge is 0.460 e. The lowest BCUT2D eigenvalue weighted by atomic mass is 10.1. The average Bonchev–Trinajstić information content (AvgIpc) is 2.81. The zero-order chi connectivity index (χ0) is 20.0. The topological polar surface area (TPSA) is 90.0 Å². The van der Waals surface area contributed by atoms with Crippen molar-refractivity contribution in [2.45, 2.75) is 45.6 Å². The Hall–Kier alpha value is -2.54. The van der Waals surface area contributed by atoms with E-state index in [4.69, 9.17) is 9.47 Å². The van der Waals surface area contributed by atoms with Crippen LogP contribution in [-0.2, 0) is 19.1 Å². The first-order chi connectivity index (χ1) is 12.7. The van der Waals surface area contributed by atoms with Crippen LogP contribution in [0.2, 0.25) is 0 Å². The highest BCUT2D eigenvalue weighted by Gasteiger charge is 2.34. The van der Waals surface area contributed by atoms with Gasteiger partial charge in [-0.3, -0.25) is 24.1 Å². The Morgan fingerprint density at radius 1 is 1.00 bits per heavy atom. The highest BCUT2D eigenvalue weighted by Crippen LogP contribution is 2.22. The maximum Gasteiger partial charge on any atom is 0.313 e. The Kier molecular flexibility index (Phi) is 6.85. The minimum Gasteiger partial charge on any atom is -0.460 e. The molecule has 0 aromatic heterocycles. The Bertz CT molecular complexity index is 699. The van der Waals surface area contributed by atoms with Gasteiger partial charge in [-0.25, -0.2) is 0 Å². The van der Waals surface area contributed by atoms with E-state index in [1.54, 1.807) is 45.0 Å². The van der Waals surface area contributed by atoms with Crippen molar-refractivity contribution in [3.8, 4) is 0 Å². The molecule has 0 atom stereocenters. The summed E-state index contributed by atoms with van der Waals surface area (Å²) >= 11 is 0. The fraction of sp³-hybridized carbons (Fsp3) is 0.500. The molecule has 7 nitrogen and oxygen atoms in total. The van der Waals surface area contributed by atoms with Crippen molar-refractivity contribution in [2.75, 3.05) is 19.8 Å². The van der Waals surface area contributed by atoms with Crippen LogP contribution in [0.25, 0.3) is 0 Å². The highest BCUT2D eigenvalue weighted by molar-refractivity contribution is 6.21. The summed E-state index contributed by atoms with van der Waals surface area (Å²) in [5.41, 5.74) is 0.250. The number of carbonyl (C=O) groups excluding carboxylic acids is 4. The van der Waals surface area contributed by atoms with Gasteiger partial charge in [0.05, 0.1) is 11.1 Å². The number of hydrogen-bond acceptors (Lipinski definition) is 6. The molecular formula is C20H25NO6. The number of nitrogens with zero attached hydrogens (tertiary/aromatic N) is 1. The number of ketones is 1. The first-order valence-electron chi connectivity index (χ1n) is 8.95. The van der Waals surface area contributed by atoms with Crippen molar-refractivity contribution in [2.24, 2.45) is 0 Å². The number of hydrogen-bond donors (Lipinski definition) is 0. The second-order valence-electron chi connectivity index (χ2n) is 7.37. The molecule has 146 valence electrons. The van der Waals surface area contributed by atoms with Crippen molar-refractivity contribution >= 4 is 23.6 Å². The molecule has 0 spiro atoms. The zero-order valence-electron chi connectivity index (χ0n) is 15.9. The molecule has 27 heavy (non-hydrogen) atoms. The first kappa shape index (κ1) is 20.8. The van der Waals surface area contributed by atoms with Gasteiger partial charge in [0.2, 0.25) is 0 Å². The molecule has 0 radical (unpaired) electrons. The van der Waals surface area contributed by atoms with Crippen LogP contribution >= 0.6 is 0 Å². The van der Waals surface area contributed by atoms with E-state index in [2.05, 4.69) is 0 Å². The lowest BCUT2D eigenvalue weighted by Crippen LogP contribution is -2.30. The van der Waals surface area contributed by atoms with Crippen LogP contribution < -0.4 is 0 Å². The van der Waals surface area contributed by atoms with E-state index in [1.807, 2.05) is 0 Å². The quantitative estimate of drug-likeness (QED) is 0.285. The molecule has 0 aliphatic carbocycles. The molecule has 2 amide bonds. The Labute approximate surface area is 158 Å². The van der Waals surface area contributed by atoms with Crippen molar-refractivity contribution in [3.63, 3.8) is 0 Å². The molecule has 2 rings (SSSR count). The van der Waals surface area contributed by atoms with Crippen LogP contribution in [0.5, 0.6) is 0 Å². The predicted octanol–water partition coefficient (Wildman–Crippen LogP) is 2.38. The second kappa shape index (κ2) is 8.90. The van der Waals surface area contributed by atoms with Gasteiger partial charge in [-0.1, -0.05) is 12.1 Å². The standard InChI is InChI=1S/C20H25NO6/c1-20(2,3)27-17(23)12-14(22)13-26-11-7-6-10-21-18(24)15-8-4-5-9-16(15)19(21)25/h4-5,8-9H,6-7,10-13H2,1-3H3. The van der Waals surface area contributed by atoms with Gasteiger partial charge < -0.3 is 9.47 Å². The monoisotopic (exact) mass is 375 g/mol. The third kappa shape index (κ3) is 5.99. The molecule has 0 bridgehead atoms. The molecule has 0 unspecified atom stereocenters. The van der Waals surface area contributed by atoms with Gasteiger partial charge in [0.1, 0.15) is 18.6 Å². The summed E-state index contributed by atoms with van der Waals surface area (Å²) in [7, 11) is 0. The van der Waals surface area contributed by atoms with Crippen LogP contribution in [0.1, 0.15) is 60.7 Å². The number of benzene rings is 1. The van der Waals surface area contributed by atoms with E-state index in [9.17, 15) is 19.2 Å². The molecule has 0 saturated carbocycles. The van der Waals surface area contributed by atoms with E-state index in [0.717, 1.165) is 0 Å². The third-order valence-corrected chi connectivity index (χ3v) is 3.82. The minimum absolute atomic E-state index is 0.160. The number of imide groups is 1. The number of amides is 2. The van der Waals surface area contributed by atoms with Crippen molar-refractivity contribution in [1.29, 1.82) is 0 Å². The van der Waals surface area contributed by atoms with Gasteiger partial charge in [0.15, 0.2) is 5.78 Å². The lowest BCUT2D eigenvalue weighted by molar-refractivity contribution is -0.156. The Balaban J connectivity index is 1.62. The van der Waals surface area contributed by atoms with Crippen LogP contribution in [0.3, 0.4) is 0 Å². The normalized spacial score (nSPS) is 13.7. The van der Waals surface area contributed by atoms with Crippen molar-refractivity contribution < 1.29 is 28.7 Å².